The number of aromatic nitrogens is 5. The van der Waals surface area contributed by atoms with Gasteiger partial charge < -0.3 is 15.1 Å². The van der Waals surface area contributed by atoms with Gasteiger partial charge in [-0.05, 0) is 18.9 Å². The summed E-state index contributed by atoms with van der Waals surface area (Å²) in [5.41, 5.74) is 1.66. The summed E-state index contributed by atoms with van der Waals surface area (Å²) in [5.74, 6) is 0.259. The van der Waals surface area contributed by atoms with Crippen LogP contribution in [-0.4, -0.2) is 61.7 Å². The third-order valence-corrected chi connectivity index (χ3v) is 7.45. The topological polar surface area (TPSA) is 83.6 Å². The number of allylic oxidation sites excluding steroid dienone is 1. The van der Waals surface area contributed by atoms with Crippen LogP contribution in [0, 0.1) is 0 Å². The SMILES string of the molecule is CN1C(C(F)F)=C(Cl)SC1c1cnn(C)c1C(=O)Nc1ccn2nc(N3CCCC3)nc2c1. The monoisotopic (exact) mass is 494 g/mol. The van der Waals surface area contributed by atoms with Crippen LogP contribution in [0.4, 0.5) is 20.4 Å². The minimum Gasteiger partial charge on any atom is -0.355 e. The molecule has 9 nitrogen and oxygen atoms in total. The lowest BCUT2D eigenvalue weighted by Crippen LogP contribution is -2.24. The molecule has 2 aliphatic heterocycles. The van der Waals surface area contributed by atoms with Crippen molar-refractivity contribution in [1.29, 1.82) is 0 Å². The van der Waals surface area contributed by atoms with E-state index in [0.717, 1.165) is 37.7 Å². The minimum atomic E-state index is -2.71. The summed E-state index contributed by atoms with van der Waals surface area (Å²) in [6.45, 7) is 1.87. The molecule has 1 saturated heterocycles. The van der Waals surface area contributed by atoms with E-state index in [1.165, 1.54) is 22.8 Å². The van der Waals surface area contributed by atoms with E-state index in [9.17, 15) is 13.6 Å². The Labute approximate surface area is 197 Å². The summed E-state index contributed by atoms with van der Waals surface area (Å²) < 4.78 is 29.9. The number of anilines is 2. The Kier molecular flexibility index (Phi) is 5.65. The molecular formula is C20H21ClF2N8OS. The van der Waals surface area contributed by atoms with Gasteiger partial charge in [0.1, 0.15) is 21.1 Å². The van der Waals surface area contributed by atoms with E-state index in [4.69, 9.17) is 11.6 Å². The zero-order chi connectivity index (χ0) is 23.3. The fourth-order valence-corrected chi connectivity index (χ4v) is 5.71. The Bertz CT molecular complexity index is 1250. The number of thioether (sulfide) groups is 1. The lowest BCUT2D eigenvalue weighted by atomic mass is 10.2. The smallest absolute Gasteiger partial charge is 0.280 e. The van der Waals surface area contributed by atoms with Crippen LogP contribution in [0.2, 0.25) is 0 Å². The van der Waals surface area contributed by atoms with E-state index in [1.807, 2.05) is 0 Å². The van der Waals surface area contributed by atoms with Gasteiger partial charge in [0.2, 0.25) is 5.95 Å². The lowest BCUT2D eigenvalue weighted by molar-refractivity contribution is 0.101. The molecule has 1 N–H and O–H groups in total. The second kappa shape index (κ2) is 8.49. The van der Waals surface area contributed by atoms with Crippen LogP contribution in [0.1, 0.15) is 34.3 Å². The Morgan fingerprint density at radius 3 is 2.76 bits per heavy atom. The highest BCUT2D eigenvalue weighted by Gasteiger charge is 2.38. The number of fused-ring (bicyclic) bond motifs is 1. The fourth-order valence-electron chi connectivity index (χ4n) is 4.12. The molecule has 0 bridgehead atoms. The maximum atomic E-state index is 13.4. The molecule has 174 valence electrons. The number of hydrogen-bond acceptors (Lipinski definition) is 7. The van der Waals surface area contributed by atoms with Crippen LogP contribution < -0.4 is 10.2 Å². The van der Waals surface area contributed by atoms with Crippen molar-refractivity contribution in [3.05, 3.63) is 45.8 Å². The molecule has 5 rings (SSSR count). The maximum Gasteiger partial charge on any atom is 0.280 e. The summed E-state index contributed by atoms with van der Waals surface area (Å²) >= 11 is 7.12. The normalized spacial score (nSPS) is 18.9. The summed E-state index contributed by atoms with van der Waals surface area (Å²) in [7, 11) is 3.16. The fraction of sp³-hybridized carbons (Fsp3) is 0.400. The summed E-state index contributed by atoms with van der Waals surface area (Å²) in [4.78, 5) is 21.3. The van der Waals surface area contributed by atoms with E-state index >= 15 is 0 Å². The summed E-state index contributed by atoms with van der Waals surface area (Å²) in [6.07, 6.45) is 2.77. The highest BCUT2D eigenvalue weighted by Crippen LogP contribution is 2.50. The lowest BCUT2D eigenvalue weighted by Gasteiger charge is -2.23. The highest BCUT2D eigenvalue weighted by atomic mass is 35.5. The van der Waals surface area contributed by atoms with Crippen LogP contribution in [0.15, 0.2) is 34.6 Å². The van der Waals surface area contributed by atoms with Crippen LogP contribution in [-0.2, 0) is 7.05 Å². The van der Waals surface area contributed by atoms with Gasteiger partial charge in [-0.1, -0.05) is 23.4 Å². The average molecular weight is 495 g/mol. The molecule has 5 heterocycles. The number of nitrogens with one attached hydrogen (secondary N) is 1. The summed E-state index contributed by atoms with van der Waals surface area (Å²) in [5, 5.41) is 11.0. The number of carbonyl (C=O) groups is 1. The number of halogens is 3. The zero-order valence-corrected chi connectivity index (χ0v) is 19.4. The number of aryl methyl sites for hydroxylation is 1. The number of amides is 1. The second-order valence-corrected chi connectivity index (χ2v) is 9.58. The number of carbonyl (C=O) groups excluding carboxylic acids is 1. The maximum absolute atomic E-state index is 13.4. The average Bonchev–Trinajstić information content (AvgIpc) is 3.53. The molecular weight excluding hydrogens is 474 g/mol. The molecule has 0 aliphatic carbocycles. The Morgan fingerprint density at radius 2 is 2.06 bits per heavy atom. The van der Waals surface area contributed by atoms with Crippen molar-refractivity contribution >= 4 is 46.6 Å². The van der Waals surface area contributed by atoms with Crippen molar-refractivity contribution in [2.75, 3.05) is 30.4 Å². The van der Waals surface area contributed by atoms with Crippen LogP contribution in [0.3, 0.4) is 0 Å². The highest BCUT2D eigenvalue weighted by molar-refractivity contribution is 8.05. The van der Waals surface area contributed by atoms with E-state index < -0.39 is 17.7 Å². The van der Waals surface area contributed by atoms with Crippen LogP contribution >= 0.6 is 23.4 Å². The van der Waals surface area contributed by atoms with Gasteiger partial charge in [0.25, 0.3) is 12.3 Å². The Balaban J connectivity index is 1.39. The van der Waals surface area contributed by atoms with Gasteiger partial charge in [0, 0.05) is 50.7 Å². The van der Waals surface area contributed by atoms with Crippen LogP contribution in [0.25, 0.3) is 5.65 Å². The van der Waals surface area contributed by atoms with Crippen molar-refractivity contribution < 1.29 is 13.6 Å². The molecule has 2 aliphatic rings. The quantitative estimate of drug-likeness (QED) is 0.579. The van der Waals surface area contributed by atoms with Gasteiger partial charge in [0.05, 0.1) is 6.20 Å². The van der Waals surface area contributed by atoms with E-state index in [-0.39, 0.29) is 15.8 Å². The number of pyridine rings is 1. The third kappa shape index (κ3) is 3.90. The van der Waals surface area contributed by atoms with Crippen molar-refractivity contribution in [3.63, 3.8) is 0 Å². The molecule has 0 aromatic carbocycles. The number of alkyl halides is 2. The molecule has 3 aromatic rings. The Hall–Kier alpha value is -2.86. The zero-order valence-electron chi connectivity index (χ0n) is 17.9. The van der Waals surface area contributed by atoms with Gasteiger partial charge in [-0.3, -0.25) is 9.48 Å². The van der Waals surface area contributed by atoms with Crippen molar-refractivity contribution in [2.24, 2.45) is 7.05 Å². The standard InChI is InChI=1S/C20H21ClF2N8OS/c1-28-15(17(22)23)16(21)33-19(28)12-10-24-29(2)14(12)18(32)25-11-5-8-31-13(9-11)26-20(27-31)30-6-3-4-7-30/h5,8-10,17,19H,3-4,6-7H2,1-2H3,(H,25,32). The van der Waals surface area contributed by atoms with Gasteiger partial charge in [-0.2, -0.15) is 10.1 Å². The van der Waals surface area contributed by atoms with Gasteiger partial charge in [-0.25, -0.2) is 13.3 Å². The van der Waals surface area contributed by atoms with E-state index in [0.29, 0.717) is 22.8 Å². The van der Waals surface area contributed by atoms with E-state index in [1.54, 1.807) is 29.9 Å². The number of nitrogens with zero attached hydrogens (tertiary/aromatic N) is 7. The number of hydrogen-bond donors (Lipinski definition) is 1. The first-order chi connectivity index (χ1) is 15.8. The molecule has 1 amide bonds. The third-order valence-electron chi connectivity index (χ3n) is 5.78. The molecule has 13 heteroatoms. The molecule has 0 saturated carbocycles. The van der Waals surface area contributed by atoms with E-state index in [2.05, 4.69) is 25.4 Å². The molecule has 1 fully saturated rings. The second-order valence-electron chi connectivity index (χ2n) is 7.89. The summed E-state index contributed by atoms with van der Waals surface area (Å²) in [6, 6.07) is 3.47. The number of rotatable bonds is 5. The molecule has 1 unspecified atom stereocenters. The van der Waals surface area contributed by atoms with Gasteiger partial charge in [0.15, 0.2) is 5.65 Å². The molecule has 0 radical (unpaired) electrons. The first kappa shape index (κ1) is 22.0. The van der Waals surface area contributed by atoms with Crippen molar-refractivity contribution in [3.8, 4) is 0 Å². The molecule has 0 spiro atoms. The van der Waals surface area contributed by atoms with Crippen molar-refractivity contribution in [1.82, 2.24) is 29.3 Å². The predicted molar refractivity (Wildman–Crippen MR) is 123 cm³/mol. The van der Waals surface area contributed by atoms with Gasteiger partial charge >= 0.3 is 0 Å². The predicted octanol–water partition coefficient (Wildman–Crippen LogP) is 3.67. The largest absolute Gasteiger partial charge is 0.355 e. The Morgan fingerprint density at radius 1 is 1.30 bits per heavy atom. The van der Waals surface area contributed by atoms with Crippen LogP contribution in [0.5, 0.6) is 0 Å². The molecule has 3 aromatic heterocycles. The molecule has 33 heavy (non-hydrogen) atoms. The first-order valence-corrected chi connectivity index (χ1v) is 11.6. The van der Waals surface area contributed by atoms with Gasteiger partial charge in [-0.15, -0.1) is 5.10 Å². The minimum absolute atomic E-state index is 0.0128. The molecule has 1 atom stereocenters. The van der Waals surface area contributed by atoms with Crippen molar-refractivity contribution in [2.45, 2.75) is 24.6 Å². The first-order valence-electron chi connectivity index (χ1n) is 10.4.